The maximum absolute atomic E-state index is 12.6. The molecule has 3 aromatic heterocycles. The van der Waals surface area contributed by atoms with Crippen molar-refractivity contribution in [2.75, 3.05) is 0 Å². The number of nitrogens with zero attached hydrogens (tertiary/aromatic N) is 4. The predicted octanol–water partition coefficient (Wildman–Crippen LogP) is 2.44. The van der Waals surface area contributed by atoms with Crippen LogP contribution in [0.15, 0.2) is 41.5 Å². The Kier molecular flexibility index (Phi) is 2.66. The highest BCUT2D eigenvalue weighted by Crippen LogP contribution is 2.30. The van der Waals surface area contributed by atoms with E-state index in [-0.39, 0.29) is 11.0 Å². The van der Waals surface area contributed by atoms with Gasteiger partial charge in [-0.1, -0.05) is 19.9 Å². The number of fused-ring (bicyclic) bond motifs is 2. The van der Waals surface area contributed by atoms with Crippen LogP contribution >= 0.6 is 0 Å². The van der Waals surface area contributed by atoms with E-state index < -0.39 is 0 Å². The van der Waals surface area contributed by atoms with Crippen LogP contribution < -0.4 is 5.56 Å². The highest BCUT2D eigenvalue weighted by atomic mass is 16.1. The van der Waals surface area contributed by atoms with E-state index in [9.17, 15) is 4.79 Å². The molecule has 0 amide bonds. The summed E-state index contributed by atoms with van der Waals surface area (Å²) in [6, 6.07) is 7.63. The summed E-state index contributed by atoms with van der Waals surface area (Å²) in [5, 5.41) is 0. The van der Waals surface area contributed by atoms with Gasteiger partial charge in [-0.05, 0) is 23.6 Å². The van der Waals surface area contributed by atoms with Gasteiger partial charge in [0.2, 0.25) is 0 Å². The van der Waals surface area contributed by atoms with Crippen LogP contribution in [0.5, 0.6) is 0 Å². The Morgan fingerprint density at radius 1 is 1.23 bits per heavy atom. The van der Waals surface area contributed by atoms with E-state index in [2.05, 4.69) is 28.8 Å². The zero-order valence-electron chi connectivity index (χ0n) is 12.6. The molecule has 4 heterocycles. The molecule has 3 aromatic rings. The SMILES string of the molecule is CC1(C)Cc2nc3cc(-c4ccccn4)cnc3c(=O)n2C1. The maximum atomic E-state index is 12.6. The zero-order valence-corrected chi connectivity index (χ0v) is 12.6. The van der Waals surface area contributed by atoms with E-state index in [0.717, 1.165) is 23.5 Å². The molecule has 0 radical (unpaired) electrons. The van der Waals surface area contributed by atoms with Crippen LogP contribution in [0.25, 0.3) is 22.3 Å². The van der Waals surface area contributed by atoms with Crippen molar-refractivity contribution in [1.82, 2.24) is 19.5 Å². The van der Waals surface area contributed by atoms with Gasteiger partial charge in [0, 0.05) is 30.9 Å². The summed E-state index contributed by atoms with van der Waals surface area (Å²) in [5.41, 5.74) is 2.82. The van der Waals surface area contributed by atoms with E-state index in [1.807, 2.05) is 24.3 Å². The molecule has 0 aliphatic carbocycles. The lowest BCUT2D eigenvalue weighted by Crippen LogP contribution is -2.23. The average Bonchev–Trinajstić information content (AvgIpc) is 2.82. The van der Waals surface area contributed by atoms with Gasteiger partial charge in [0.1, 0.15) is 5.82 Å². The molecule has 0 unspecified atom stereocenters. The number of aromatic nitrogens is 4. The van der Waals surface area contributed by atoms with Crippen LogP contribution in [0.3, 0.4) is 0 Å². The fraction of sp³-hybridized carbons (Fsp3) is 0.294. The molecule has 5 nitrogen and oxygen atoms in total. The summed E-state index contributed by atoms with van der Waals surface area (Å²) in [5.74, 6) is 0.850. The fourth-order valence-electron chi connectivity index (χ4n) is 3.03. The Morgan fingerprint density at radius 3 is 2.86 bits per heavy atom. The molecule has 0 saturated carbocycles. The number of pyridine rings is 2. The van der Waals surface area contributed by atoms with E-state index in [1.165, 1.54) is 0 Å². The van der Waals surface area contributed by atoms with Crippen molar-refractivity contribution in [3.63, 3.8) is 0 Å². The lowest BCUT2D eigenvalue weighted by Gasteiger charge is -2.13. The molecule has 0 atom stereocenters. The first-order chi connectivity index (χ1) is 10.5. The monoisotopic (exact) mass is 292 g/mol. The zero-order chi connectivity index (χ0) is 15.3. The minimum Gasteiger partial charge on any atom is -0.294 e. The van der Waals surface area contributed by atoms with Crippen LogP contribution in [0.1, 0.15) is 19.7 Å². The van der Waals surface area contributed by atoms with Crippen molar-refractivity contribution in [3.05, 3.63) is 52.8 Å². The predicted molar refractivity (Wildman–Crippen MR) is 84.5 cm³/mol. The van der Waals surface area contributed by atoms with Gasteiger partial charge in [-0.25, -0.2) is 9.97 Å². The number of rotatable bonds is 1. The molecule has 5 heteroatoms. The van der Waals surface area contributed by atoms with E-state index in [4.69, 9.17) is 0 Å². The minimum absolute atomic E-state index is 0.0434. The third-order valence-corrected chi connectivity index (χ3v) is 4.06. The summed E-state index contributed by atoms with van der Waals surface area (Å²) in [6.45, 7) is 5.00. The normalized spacial score (nSPS) is 15.9. The molecule has 22 heavy (non-hydrogen) atoms. The lowest BCUT2D eigenvalue weighted by atomic mass is 9.92. The van der Waals surface area contributed by atoms with Gasteiger partial charge < -0.3 is 0 Å². The summed E-state index contributed by atoms with van der Waals surface area (Å²) in [7, 11) is 0. The van der Waals surface area contributed by atoms with Crippen LogP contribution in [-0.2, 0) is 13.0 Å². The Labute approximate surface area is 127 Å². The largest absolute Gasteiger partial charge is 0.294 e. The average molecular weight is 292 g/mol. The van der Waals surface area contributed by atoms with Crippen molar-refractivity contribution in [2.24, 2.45) is 5.41 Å². The van der Waals surface area contributed by atoms with Gasteiger partial charge in [0.25, 0.3) is 5.56 Å². The van der Waals surface area contributed by atoms with Gasteiger partial charge in [-0.15, -0.1) is 0 Å². The molecule has 0 aromatic carbocycles. The quantitative estimate of drug-likeness (QED) is 0.691. The molecule has 0 fully saturated rings. The molecule has 110 valence electrons. The molecule has 1 aliphatic rings. The molecule has 0 bridgehead atoms. The first-order valence-electron chi connectivity index (χ1n) is 7.34. The minimum atomic E-state index is -0.0434. The first kappa shape index (κ1) is 13.1. The van der Waals surface area contributed by atoms with Gasteiger partial charge in [0.15, 0.2) is 5.52 Å². The number of hydrogen-bond donors (Lipinski definition) is 0. The second-order valence-electron chi connectivity index (χ2n) is 6.57. The first-order valence-corrected chi connectivity index (χ1v) is 7.34. The molecular weight excluding hydrogens is 276 g/mol. The Bertz CT molecular complexity index is 929. The van der Waals surface area contributed by atoms with Gasteiger partial charge >= 0.3 is 0 Å². The van der Waals surface area contributed by atoms with E-state index in [0.29, 0.717) is 17.6 Å². The van der Waals surface area contributed by atoms with Crippen LogP contribution in [0.4, 0.5) is 0 Å². The molecule has 0 spiro atoms. The summed E-state index contributed by atoms with van der Waals surface area (Å²) in [4.78, 5) is 25.9. The maximum Gasteiger partial charge on any atom is 0.280 e. The smallest absolute Gasteiger partial charge is 0.280 e. The summed E-state index contributed by atoms with van der Waals surface area (Å²) in [6.07, 6.45) is 4.25. The Morgan fingerprint density at radius 2 is 2.09 bits per heavy atom. The number of hydrogen-bond acceptors (Lipinski definition) is 4. The highest BCUT2D eigenvalue weighted by Gasteiger charge is 2.31. The summed E-state index contributed by atoms with van der Waals surface area (Å²) >= 11 is 0. The third kappa shape index (κ3) is 2.01. The van der Waals surface area contributed by atoms with Crippen molar-refractivity contribution in [2.45, 2.75) is 26.8 Å². The summed E-state index contributed by atoms with van der Waals surface area (Å²) < 4.78 is 1.76. The Hall–Kier alpha value is -2.56. The second kappa shape index (κ2) is 4.47. The second-order valence-corrected chi connectivity index (χ2v) is 6.57. The molecule has 0 saturated heterocycles. The standard InChI is InChI=1S/C17H16N4O/c1-17(2)8-14-20-13-7-11(12-5-3-4-6-18-12)9-19-15(13)16(22)21(14)10-17/h3-7,9H,8,10H2,1-2H3. The molecule has 0 N–H and O–H groups in total. The van der Waals surface area contributed by atoms with Gasteiger partial charge in [-0.3, -0.25) is 14.3 Å². The van der Waals surface area contributed by atoms with Gasteiger partial charge in [-0.2, -0.15) is 0 Å². The van der Waals surface area contributed by atoms with Crippen LogP contribution in [0, 0.1) is 5.41 Å². The van der Waals surface area contributed by atoms with Crippen molar-refractivity contribution in [3.8, 4) is 11.3 Å². The van der Waals surface area contributed by atoms with Crippen molar-refractivity contribution < 1.29 is 0 Å². The van der Waals surface area contributed by atoms with Crippen LogP contribution in [0.2, 0.25) is 0 Å². The highest BCUT2D eigenvalue weighted by molar-refractivity contribution is 5.78. The van der Waals surface area contributed by atoms with Crippen LogP contribution in [-0.4, -0.2) is 19.5 Å². The lowest BCUT2D eigenvalue weighted by molar-refractivity contribution is 0.357. The molecule has 1 aliphatic heterocycles. The van der Waals surface area contributed by atoms with Crippen molar-refractivity contribution in [1.29, 1.82) is 0 Å². The molecule has 4 rings (SSSR count). The van der Waals surface area contributed by atoms with Crippen molar-refractivity contribution >= 4 is 11.0 Å². The third-order valence-electron chi connectivity index (χ3n) is 4.06. The van der Waals surface area contributed by atoms with E-state index in [1.54, 1.807) is 17.0 Å². The Balaban J connectivity index is 1.93. The topological polar surface area (TPSA) is 60.7 Å². The van der Waals surface area contributed by atoms with E-state index >= 15 is 0 Å². The molecular formula is C17H16N4O. The van der Waals surface area contributed by atoms with Gasteiger partial charge in [0.05, 0.1) is 11.2 Å². The fourth-order valence-corrected chi connectivity index (χ4v) is 3.03.